The molecule has 0 aliphatic rings. The molecule has 2 aromatic carbocycles. The van der Waals surface area contributed by atoms with Crippen molar-refractivity contribution in [2.45, 2.75) is 19.5 Å². The van der Waals surface area contributed by atoms with Gasteiger partial charge in [-0.15, -0.1) is 0 Å². The lowest BCUT2D eigenvalue weighted by molar-refractivity contribution is 0.292. The number of nitrogens with one attached hydrogen (secondary N) is 2. The summed E-state index contributed by atoms with van der Waals surface area (Å²) in [6, 6.07) is 15.1. The van der Waals surface area contributed by atoms with E-state index < -0.39 is 0 Å². The molecule has 0 unspecified atom stereocenters. The molecule has 138 valence electrons. The van der Waals surface area contributed by atoms with Gasteiger partial charge in [0.1, 0.15) is 5.82 Å². The standard InChI is InChI=1S/C21H26FN3O/c22-19-8-6-17(7-9-19)15-25-16-18(20-4-1-2-5-21(20)25)14-24-11-3-10-23-12-13-26/h1-2,4-9,16,23-24,26H,3,10-15H2. The van der Waals surface area contributed by atoms with Crippen LogP contribution < -0.4 is 10.6 Å². The largest absolute Gasteiger partial charge is 0.395 e. The van der Waals surface area contributed by atoms with Gasteiger partial charge in [0, 0.05) is 36.7 Å². The van der Waals surface area contributed by atoms with Gasteiger partial charge in [0.25, 0.3) is 0 Å². The van der Waals surface area contributed by atoms with E-state index in [4.69, 9.17) is 5.11 Å². The maximum atomic E-state index is 13.1. The van der Waals surface area contributed by atoms with Crippen molar-refractivity contribution in [2.24, 2.45) is 0 Å². The Kier molecular flexibility index (Phi) is 6.77. The van der Waals surface area contributed by atoms with E-state index in [1.54, 1.807) is 0 Å². The summed E-state index contributed by atoms with van der Waals surface area (Å²) in [6.45, 7) is 4.20. The van der Waals surface area contributed by atoms with Crippen LogP contribution in [0, 0.1) is 5.82 Å². The normalized spacial score (nSPS) is 11.3. The number of benzene rings is 2. The number of aliphatic hydroxyl groups excluding tert-OH is 1. The summed E-state index contributed by atoms with van der Waals surface area (Å²) in [5.74, 6) is -0.204. The highest BCUT2D eigenvalue weighted by molar-refractivity contribution is 5.84. The third-order valence-electron chi connectivity index (χ3n) is 4.45. The van der Waals surface area contributed by atoms with Crippen LogP contribution in [0.1, 0.15) is 17.5 Å². The second kappa shape index (κ2) is 9.48. The Morgan fingerprint density at radius 3 is 2.50 bits per heavy atom. The zero-order chi connectivity index (χ0) is 18.2. The highest BCUT2D eigenvalue weighted by Crippen LogP contribution is 2.22. The Bertz CT molecular complexity index is 814. The van der Waals surface area contributed by atoms with Crippen LogP contribution in [0.15, 0.2) is 54.7 Å². The second-order valence-electron chi connectivity index (χ2n) is 6.43. The molecule has 5 heteroatoms. The van der Waals surface area contributed by atoms with Crippen molar-refractivity contribution in [1.29, 1.82) is 0 Å². The number of halogens is 1. The first-order valence-electron chi connectivity index (χ1n) is 9.11. The number of fused-ring (bicyclic) bond motifs is 1. The first-order chi connectivity index (χ1) is 12.8. The van der Waals surface area contributed by atoms with Gasteiger partial charge in [-0.25, -0.2) is 4.39 Å². The summed E-state index contributed by atoms with van der Waals surface area (Å²) in [5, 5.41) is 16.7. The van der Waals surface area contributed by atoms with Crippen LogP contribution in [0.3, 0.4) is 0 Å². The fourth-order valence-electron chi connectivity index (χ4n) is 3.15. The maximum Gasteiger partial charge on any atom is 0.123 e. The fourth-order valence-corrected chi connectivity index (χ4v) is 3.15. The molecule has 1 heterocycles. The number of nitrogens with zero attached hydrogens (tertiary/aromatic N) is 1. The zero-order valence-electron chi connectivity index (χ0n) is 14.9. The average molecular weight is 355 g/mol. The molecule has 26 heavy (non-hydrogen) atoms. The van der Waals surface area contributed by atoms with Crippen LogP contribution in [-0.2, 0) is 13.1 Å². The molecule has 0 fully saturated rings. The zero-order valence-corrected chi connectivity index (χ0v) is 14.9. The molecule has 0 aliphatic carbocycles. The van der Waals surface area contributed by atoms with Gasteiger partial charge < -0.3 is 20.3 Å². The lowest BCUT2D eigenvalue weighted by Gasteiger charge is -2.05. The van der Waals surface area contributed by atoms with Gasteiger partial charge in [-0.1, -0.05) is 30.3 Å². The Morgan fingerprint density at radius 1 is 0.923 bits per heavy atom. The molecule has 0 aliphatic heterocycles. The first kappa shape index (κ1) is 18.6. The highest BCUT2D eigenvalue weighted by Gasteiger charge is 2.08. The molecule has 0 radical (unpaired) electrons. The van der Waals surface area contributed by atoms with Crippen molar-refractivity contribution in [1.82, 2.24) is 15.2 Å². The van der Waals surface area contributed by atoms with Crippen molar-refractivity contribution >= 4 is 10.9 Å². The molecule has 0 spiro atoms. The first-order valence-corrected chi connectivity index (χ1v) is 9.11. The number of hydrogen-bond acceptors (Lipinski definition) is 3. The van der Waals surface area contributed by atoms with Crippen molar-refractivity contribution in [3.8, 4) is 0 Å². The van der Waals surface area contributed by atoms with E-state index in [9.17, 15) is 4.39 Å². The average Bonchev–Trinajstić information content (AvgIpc) is 3.01. The SMILES string of the molecule is OCCNCCCNCc1cn(Cc2ccc(F)cc2)c2ccccc12. The Morgan fingerprint density at radius 2 is 1.69 bits per heavy atom. The van der Waals surface area contributed by atoms with Gasteiger partial charge >= 0.3 is 0 Å². The van der Waals surface area contributed by atoms with Crippen molar-refractivity contribution < 1.29 is 9.50 Å². The maximum absolute atomic E-state index is 13.1. The van der Waals surface area contributed by atoms with Gasteiger partial charge in [0.05, 0.1) is 6.61 Å². The lowest BCUT2D eigenvalue weighted by Crippen LogP contribution is -2.23. The molecular weight excluding hydrogens is 329 g/mol. The molecule has 0 bridgehead atoms. The molecule has 3 rings (SSSR count). The molecule has 0 amide bonds. The van der Waals surface area contributed by atoms with Crippen LogP contribution in [0.4, 0.5) is 4.39 Å². The minimum Gasteiger partial charge on any atom is -0.395 e. The smallest absolute Gasteiger partial charge is 0.123 e. The van der Waals surface area contributed by atoms with Crippen LogP contribution in [-0.4, -0.2) is 35.9 Å². The van der Waals surface area contributed by atoms with Crippen molar-refractivity contribution in [2.75, 3.05) is 26.2 Å². The van der Waals surface area contributed by atoms with E-state index >= 15 is 0 Å². The van der Waals surface area contributed by atoms with Gasteiger partial charge in [0.15, 0.2) is 0 Å². The highest BCUT2D eigenvalue weighted by atomic mass is 19.1. The predicted octanol–water partition coefficient (Wildman–Crippen LogP) is 2.89. The molecule has 0 saturated carbocycles. The summed E-state index contributed by atoms with van der Waals surface area (Å²) >= 11 is 0. The summed E-state index contributed by atoms with van der Waals surface area (Å²) in [5.41, 5.74) is 3.55. The molecule has 3 N–H and O–H groups in total. The topological polar surface area (TPSA) is 49.2 Å². The third-order valence-corrected chi connectivity index (χ3v) is 4.45. The van der Waals surface area contributed by atoms with Gasteiger partial charge in [-0.3, -0.25) is 0 Å². The Hall–Kier alpha value is -2.21. The van der Waals surface area contributed by atoms with E-state index in [1.165, 1.54) is 28.6 Å². The van der Waals surface area contributed by atoms with Crippen molar-refractivity contribution in [3.05, 3.63) is 71.7 Å². The summed E-state index contributed by atoms with van der Waals surface area (Å²) in [7, 11) is 0. The number of aliphatic hydroxyl groups is 1. The quantitative estimate of drug-likeness (QED) is 0.490. The summed E-state index contributed by atoms with van der Waals surface area (Å²) in [6.07, 6.45) is 3.21. The van der Waals surface area contributed by atoms with E-state index in [2.05, 4.69) is 39.6 Å². The Labute approximate surface area is 153 Å². The van der Waals surface area contributed by atoms with Gasteiger partial charge in [-0.2, -0.15) is 0 Å². The lowest BCUT2D eigenvalue weighted by atomic mass is 10.2. The number of hydrogen-bond donors (Lipinski definition) is 3. The van der Waals surface area contributed by atoms with Crippen molar-refractivity contribution in [3.63, 3.8) is 0 Å². The molecule has 0 atom stereocenters. The van der Waals surface area contributed by atoms with Gasteiger partial charge in [-0.05, 0) is 48.8 Å². The molecule has 3 aromatic rings. The third kappa shape index (κ3) is 4.91. The number of para-hydroxylation sites is 1. The molecule has 0 saturated heterocycles. The minimum atomic E-state index is -0.204. The predicted molar refractivity (Wildman–Crippen MR) is 104 cm³/mol. The minimum absolute atomic E-state index is 0.182. The second-order valence-corrected chi connectivity index (χ2v) is 6.43. The fraction of sp³-hybridized carbons (Fsp3) is 0.333. The number of rotatable bonds is 10. The summed E-state index contributed by atoms with van der Waals surface area (Å²) < 4.78 is 15.3. The van der Waals surface area contributed by atoms with Gasteiger partial charge in [0.2, 0.25) is 0 Å². The van der Waals surface area contributed by atoms with E-state index in [1.807, 2.05) is 18.2 Å². The monoisotopic (exact) mass is 355 g/mol. The number of aromatic nitrogens is 1. The van der Waals surface area contributed by atoms with Crippen LogP contribution >= 0.6 is 0 Å². The van der Waals surface area contributed by atoms with E-state index in [0.29, 0.717) is 6.54 Å². The van der Waals surface area contributed by atoms with Crippen LogP contribution in [0.5, 0.6) is 0 Å². The molecule has 1 aromatic heterocycles. The van der Waals surface area contributed by atoms with Crippen LogP contribution in [0.2, 0.25) is 0 Å². The van der Waals surface area contributed by atoms with E-state index in [0.717, 1.165) is 38.2 Å². The Balaban J connectivity index is 1.64. The molecule has 4 nitrogen and oxygen atoms in total. The molecular formula is C21H26FN3O. The van der Waals surface area contributed by atoms with Crippen LogP contribution in [0.25, 0.3) is 10.9 Å². The summed E-state index contributed by atoms with van der Waals surface area (Å²) in [4.78, 5) is 0. The van der Waals surface area contributed by atoms with E-state index in [-0.39, 0.29) is 12.4 Å².